The quantitative estimate of drug-likeness (QED) is 0.628. The molecule has 1 aliphatic heterocycles. The summed E-state index contributed by atoms with van der Waals surface area (Å²) in [6.45, 7) is 6.28. The van der Waals surface area contributed by atoms with Crippen molar-refractivity contribution >= 4 is 23.8 Å². The zero-order valence-corrected chi connectivity index (χ0v) is 16.3. The number of fused-ring (bicyclic) bond motifs is 1. The van der Waals surface area contributed by atoms with E-state index >= 15 is 0 Å². The molecular formula is C15H22NO7PS. The number of phosphoric acid groups is 1. The normalized spacial score (nSPS) is 16.5. The molecule has 0 radical (unpaired) electrons. The molecule has 1 aromatic carbocycles. The van der Waals surface area contributed by atoms with Crippen LogP contribution < -0.4 is 0 Å². The highest BCUT2D eigenvalue weighted by Gasteiger charge is 2.44. The minimum Gasteiger partial charge on any atom is -0.287 e. The first kappa shape index (κ1) is 20.1. The highest BCUT2D eigenvalue weighted by atomic mass is 32.2. The third kappa shape index (κ3) is 3.80. The molecule has 0 saturated heterocycles. The second-order valence-electron chi connectivity index (χ2n) is 5.57. The monoisotopic (exact) mass is 391 g/mol. The Bertz CT molecular complexity index is 796. The average Bonchev–Trinajstić information content (AvgIpc) is 2.73. The van der Waals surface area contributed by atoms with Crippen LogP contribution in [0.2, 0.25) is 0 Å². The van der Waals surface area contributed by atoms with Crippen molar-refractivity contribution < 1.29 is 31.3 Å². The van der Waals surface area contributed by atoms with Gasteiger partial charge in [0.15, 0.2) is 0 Å². The zero-order chi connectivity index (χ0) is 18.8. The fraction of sp³-hybridized carbons (Fsp3) is 0.533. The van der Waals surface area contributed by atoms with E-state index in [4.69, 9.17) is 13.6 Å². The van der Waals surface area contributed by atoms with Crippen LogP contribution in [0.1, 0.15) is 49.5 Å². The predicted octanol–water partition coefficient (Wildman–Crippen LogP) is 3.11. The molecule has 0 unspecified atom stereocenters. The van der Waals surface area contributed by atoms with Gasteiger partial charge in [-0.15, -0.1) is 0 Å². The summed E-state index contributed by atoms with van der Waals surface area (Å²) < 4.78 is 53.2. The van der Waals surface area contributed by atoms with Gasteiger partial charge in [0.05, 0.1) is 18.8 Å². The second kappa shape index (κ2) is 7.55. The maximum Gasteiger partial charge on any atom is 0.476 e. The summed E-state index contributed by atoms with van der Waals surface area (Å²) in [5.74, 6) is -0.744. The molecule has 0 spiro atoms. The van der Waals surface area contributed by atoms with Gasteiger partial charge in [0.2, 0.25) is 0 Å². The van der Waals surface area contributed by atoms with Crippen molar-refractivity contribution in [3.8, 4) is 0 Å². The Hall–Kier alpha value is -1.25. The lowest BCUT2D eigenvalue weighted by Gasteiger charge is -2.20. The molecule has 8 nitrogen and oxygen atoms in total. The molecule has 1 aromatic rings. The molecule has 140 valence electrons. The number of carbonyl (C=O) groups is 1. The Morgan fingerprint density at radius 3 is 2.24 bits per heavy atom. The van der Waals surface area contributed by atoms with Crippen LogP contribution in [0.15, 0.2) is 23.1 Å². The lowest BCUT2D eigenvalue weighted by atomic mass is 9.97. The Morgan fingerprint density at radius 2 is 1.72 bits per heavy atom. The topological polar surface area (TPSA) is 99.2 Å². The Balaban J connectivity index is 2.34. The molecular weight excluding hydrogens is 369 g/mol. The van der Waals surface area contributed by atoms with Gasteiger partial charge in [0.25, 0.3) is 15.9 Å². The van der Waals surface area contributed by atoms with Gasteiger partial charge in [0.1, 0.15) is 11.6 Å². The van der Waals surface area contributed by atoms with E-state index < -0.39 is 30.5 Å². The molecule has 1 heterocycles. The summed E-state index contributed by atoms with van der Waals surface area (Å²) in [4.78, 5) is 12.6. The SMILES string of the molecule is CCOP(=O)(OCC)OCN1C(=O)c2c(C(C)C)cccc2S1(=O)=O. The van der Waals surface area contributed by atoms with Gasteiger partial charge in [-0.2, -0.15) is 0 Å². The highest BCUT2D eigenvalue weighted by molar-refractivity contribution is 7.90. The van der Waals surface area contributed by atoms with Crippen LogP contribution in [0, 0.1) is 0 Å². The number of hydrogen-bond acceptors (Lipinski definition) is 7. The Labute approximate surface area is 147 Å². The summed E-state index contributed by atoms with van der Waals surface area (Å²) in [7, 11) is -8.02. The number of phosphoric ester groups is 1. The van der Waals surface area contributed by atoms with Gasteiger partial charge in [-0.05, 0) is 31.4 Å². The van der Waals surface area contributed by atoms with E-state index in [0.717, 1.165) is 0 Å². The van der Waals surface area contributed by atoms with E-state index in [2.05, 4.69) is 0 Å². The Kier molecular flexibility index (Phi) is 6.06. The molecule has 0 fully saturated rings. The Morgan fingerprint density at radius 1 is 1.12 bits per heavy atom. The minimum absolute atomic E-state index is 0.0343. The lowest BCUT2D eigenvalue weighted by Crippen LogP contribution is -2.32. The molecule has 25 heavy (non-hydrogen) atoms. The zero-order valence-electron chi connectivity index (χ0n) is 14.6. The van der Waals surface area contributed by atoms with Crippen molar-refractivity contribution in [2.24, 2.45) is 0 Å². The van der Waals surface area contributed by atoms with Gasteiger partial charge in [-0.25, -0.2) is 17.3 Å². The van der Waals surface area contributed by atoms with Crippen molar-refractivity contribution in [1.82, 2.24) is 4.31 Å². The predicted molar refractivity (Wildman–Crippen MR) is 90.7 cm³/mol. The number of benzene rings is 1. The van der Waals surface area contributed by atoms with Crippen LogP contribution >= 0.6 is 7.82 Å². The summed E-state index contributed by atoms with van der Waals surface area (Å²) >= 11 is 0. The number of amides is 1. The third-order valence-electron chi connectivity index (χ3n) is 3.60. The third-order valence-corrected chi connectivity index (χ3v) is 6.92. The van der Waals surface area contributed by atoms with Gasteiger partial charge in [0, 0.05) is 0 Å². The van der Waals surface area contributed by atoms with E-state index in [0.29, 0.717) is 9.87 Å². The minimum atomic E-state index is -4.08. The van der Waals surface area contributed by atoms with Crippen molar-refractivity contribution in [1.29, 1.82) is 0 Å². The fourth-order valence-corrected chi connectivity index (χ4v) is 5.15. The molecule has 0 bridgehead atoms. The van der Waals surface area contributed by atoms with Crippen LogP contribution in [-0.2, 0) is 28.2 Å². The average molecular weight is 391 g/mol. The van der Waals surface area contributed by atoms with Crippen LogP contribution in [0.5, 0.6) is 0 Å². The maximum atomic E-state index is 12.7. The van der Waals surface area contributed by atoms with Crippen molar-refractivity contribution in [2.75, 3.05) is 19.9 Å². The lowest BCUT2D eigenvalue weighted by molar-refractivity contribution is 0.0675. The second-order valence-corrected chi connectivity index (χ2v) is 9.07. The van der Waals surface area contributed by atoms with E-state index in [1.165, 1.54) is 6.07 Å². The molecule has 2 rings (SSSR count). The van der Waals surface area contributed by atoms with Crippen molar-refractivity contribution in [3.63, 3.8) is 0 Å². The largest absolute Gasteiger partial charge is 0.476 e. The summed E-state index contributed by atoms with van der Waals surface area (Å²) in [6.07, 6.45) is 0. The van der Waals surface area contributed by atoms with E-state index in [9.17, 15) is 17.8 Å². The number of rotatable bonds is 8. The van der Waals surface area contributed by atoms with Crippen LogP contribution in [0.3, 0.4) is 0 Å². The van der Waals surface area contributed by atoms with Gasteiger partial charge >= 0.3 is 7.82 Å². The first-order valence-corrected chi connectivity index (χ1v) is 10.8. The molecule has 1 aliphatic rings. The summed E-state index contributed by atoms with van der Waals surface area (Å²) in [5.41, 5.74) is 0.759. The first-order chi connectivity index (χ1) is 11.7. The molecule has 0 N–H and O–H groups in total. The van der Waals surface area contributed by atoms with Crippen LogP contribution in [0.25, 0.3) is 0 Å². The van der Waals surface area contributed by atoms with Gasteiger partial charge in [-0.3, -0.25) is 18.4 Å². The van der Waals surface area contributed by atoms with Gasteiger partial charge in [-0.1, -0.05) is 26.0 Å². The number of hydrogen-bond donors (Lipinski definition) is 0. The molecule has 10 heteroatoms. The first-order valence-electron chi connectivity index (χ1n) is 7.91. The molecule has 0 aliphatic carbocycles. The van der Waals surface area contributed by atoms with Crippen LogP contribution in [0.4, 0.5) is 0 Å². The van der Waals surface area contributed by atoms with Crippen molar-refractivity contribution in [3.05, 3.63) is 29.3 Å². The standard InChI is InChI=1S/C15H22NO7PS/c1-5-21-24(18,22-6-2)23-10-16-15(17)14-12(11(3)4)8-7-9-13(14)25(16,19)20/h7-9,11H,5-6,10H2,1-4H3. The molecule has 0 aromatic heterocycles. The highest BCUT2D eigenvalue weighted by Crippen LogP contribution is 2.50. The molecule has 0 saturated carbocycles. The molecule has 1 amide bonds. The van der Waals surface area contributed by atoms with Gasteiger partial charge < -0.3 is 0 Å². The van der Waals surface area contributed by atoms with E-state index in [-0.39, 0.29) is 29.6 Å². The smallest absolute Gasteiger partial charge is 0.287 e. The van der Waals surface area contributed by atoms with E-state index in [1.54, 1.807) is 26.0 Å². The van der Waals surface area contributed by atoms with Crippen molar-refractivity contribution in [2.45, 2.75) is 38.5 Å². The van der Waals surface area contributed by atoms with E-state index in [1.807, 2.05) is 13.8 Å². The van der Waals surface area contributed by atoms with Crippen LogP contribution in [-0.4, -0.2) is 38.6 Å². The fourth-order valence-electron chi connectivity index (χ4n) is 2.50. The number of sulfonamides is 1. The molecule has 0 atom stereocenters. The number of nitrogens with zero attached hydrogens (tertiary/aromatic N) is 1. The summed E-state index contributed by atoms with van der Waals surface area (Å²) in [6, 6.07) is 4.68. The maximum absolute atomic E-state index is 12.7. The number of carbonyl (C=O) groups excluding carboxylic acids is 1. The summed E-state index contributed by atoms with van der Waals surface area (Å²) in [5, 5.41) is 0.